The van der Waals surface area contributed by atoms with Crippen molar-refractivity contribution in [3.8, 4) is 0 Å². The molecule has 0 radical (unpaired) electrons. The van der Waals surface area contributed by atoms with Gasteiger partial charge >= 0.3 is 0 Å². The van der Waals surface area contributed by atoms with Gasteiger partial charge in [0.2, 0.25) is 0 Å². The van der Waals surface area contributed by atoms with E-state index in [1.165, 1.54) is 22.3 Å². The van der Waals surface area contributed by atoms with E-state index in [-0.39, 0.29) is 0 Å². The maximum Gasteiger partial charge on any atom is 0.00314 e. The Hall–Kier alpha value is -1.04. The van der Waals surface area contributed by atoms with Gasteiger partial charge in [0.05, 0.1) is 0 Å². The van der Waals surface area contributed by atoms with Crippen molar-refractivity contribution in [2.24, 2.45) is 11.8 Å². The Morgan fingerprint density at radius 1 is 1.00 bits per heavy atom. The van der Waals surface area contributed by atoms with Gasteiger partial charge in [0.1, 0.15) is 0 Å². The highest BCUT2D eigenvalue weighted by Crippen LogP contribution is 2.42. The van der Waals surface area contributed by atoms with Crippen LogP contribution in [-0.4, -0.2) is 0 Å². The zero-order valence-corrected chi connectivity index (χ0v) is 10.4. The third kappa shape index (κ3) is 1.52. The highest BCUT2D eigenvalue weighted by molar-refractivity contribution is 5.58. The SMILES string of the molecule is CC1=C(C)C(C)C(C2=CC(C)C=C2)=C1C. The molecular weight excluding hydrogens is 180 g/mol. The quantitative estimate of drug-likeness (QED) is 0.587. The molecule has 0 N–H and O–H groups in total. The molecule has 0 saturated heterocycles. The second-order valence-electron chi connectivity index (χ2n) is 4.91. The van der Waals surface area contributed by atoms with Gasteiger partial charge in [-0.1, -0.05) is 37.6 Å². The van der Waals surface area contributed by atoms with E-state index in [0.717, 1.165) is 0 Å². The van der Waals surface area contributed by atoms with Crippen LogP contribution in [0, 0.1) is 11.8 Å². The van der Waals surface area contributed by atoms with Crippen LogP contribution in [0.15, 0.2) is 46.1 Å². The molecule has 80 valence electrons. The second-order valence-corrected chi connectivity index (χ2v) is 4.91. The van der Waals surface area contributed by atoms with Crippen LogP contribution in [0.3, 0.4) is 0 Å². The Morgan fingerprint density at radius 3 is 2.07 bits per heavy atom. The van der Waals surface area contributed by atoms with Crippen molar-refractivity contribution in [1.29, 1.82) is 0 Å². The van der Waals surface area contributed by atoms with Gasteiger partial charge in [0.15, 0.2) is 0 Å². The smallest absolute Gasteiger partial charge is 0.00314 e. The third-order valence-corrected chi connectivity index (χ3v) is 3.97. The lowest BCUT2D eigenvalue weighted by atomic mass is 9.92. The summed E-state index contributed by atoms with van der Waals surface area (Å²) in [6, 6.07) is 0. The highest BCUT2D eigenvalue weighted by atomic mass is 14.3. The first-order chi connectivity index (χ1) is 7.02. The minimum atomic E-state index is 0.603. The molecule has 0 heterocycles. The van der Waals surface area contributed by atoms with Crippen LogP contribution in [-0.2, 0) is 0 Å². The summed E-state index contributed by atoms with van der Waals surface area (Å²) in [6.45, 7) is 11.3. The van der Waals surface area contributed by atoms with E-state index in [9.17, 15) is 0 Å². The average Bonchev–Trinajstić information content (AvgIpc) is 2.68. The highest BCUT2D eigenvalue weighted by Gasteiger charge is 2.26. The van der Waals surface area contributed by atoms with Gasteiger partial charge in [-0.2, -0.15) is 0 Å². The summed E-state index contributed by atoms with van der Waals surface area (Å²) in [5, 5.41) is 0. The molecule has 0 aliphatic heterocycles. The summed E-state index contributed by atoms with van der Waals surface area (Å²) >= 11 is 0. The minimum absolute atomic E-state index is 0.603. The maximum absolute atomic E-state index is 2.38. The zero-order valence-electron chi connectivity index (χ0n) is 10.4. The van der Waals surface area contributed by atoms with Crippen LogP contribution in [0.4, 0.5) is 0 Å². The summed E-state index contributed by atoms with van der Waals surface area (Å²) in [6.07, 6.45) is 6.94. The van der Waals surface area contributed by atoms with Gasteiger partial charge < -0.3 is 0 Å². The Morgan fingerprint density at radius 2 is 1.67 bits per heavy atom. The fourth-order valence-electron chi connectivity index (χ4n) is 2.66. The first-order valence-corrected chi connectivity index (χ1v) is 5.81. The molecule has 2 rings (SSSR count). The molecule has 0 aromatic carbocycles. The predicted molar refractivity (Wildman–Crippen MR) is 66.6 cm³/mol. The zero-order chi connectivity index (χ0) is 11.2. The van der Waals surface area contributed by atoms with E-state index in [1.54, 1.807) is 5.57 Å². The molecule has 0 aromatic heterocycles. The predicted octanol–water partition coefficient (Wildman–Crippen LogP) is 4.42. The van der Waals surface area contributed by atoms with Crippen molar-refractivity contribution in [3.05, 3.63) is 46.1 Å². The molecule has 0 spiro atoms. The van der Waals surface area contributed by atoms with Crippen LogP contribution >= 0.6 is 0 Å². The van der Waals surface area contributed by atoms with Gasteiger partial charge in [-0.15, -0.1) is 0 Å². The Kier molecular flexibility index (Phi) is 2.46. The van der Waals surface area contributed by atoms with Crippen molar-refractivity contribution < 1.29 is 0 Å². The molecule has 0 fully saturated rings. The van der Waals surface area contributed by atoms with Crippen LogP contribution in [0.5, 0.6) is 0 Å². The summed E-state index contributed by atoms with van der Waals surface area (Å²) < 4.78 is 0. The van der Waals surface area contributed by atoms with Gasteiger partial charge in [-0.05, 0) is 49.0 Å². The molecule has 0 aromatic rings. The van der Waals surface area contributed by atoms with Crippen LogP contribution in [0.1, 0.15) is 34.6 Å². The van der Waals surface area contributed by atoms with Gasteiger partial charge in [0.25, 0.3) is 0 Å². The fraction of sp³-hybridized carbons (Fsp3) is 0.467. The summed E-state index contributed by atoms with van der Waals surface area (Å²) in [4.78, 5) is 0. The standard InChI is InChI=1S/C15H20/c1-9-6-7-14(8-9)15-12(4)10(2)11(3)13(15)5/h6-9,12H,1-5H3. The molecule has 0 saturated carbocycles. The van der Waals surface area contributed by atoms with Crippen LogP contribution < -0.4 is 0 Å². The monoisotopic (exact) mass is 200 g/mol. The lowest BCUT2D eigenvalue weighted by Gasteiger charge is -2.12. The first kappa shape index (κ1) is 10.5. The van der Waals surface area contributed by atoms with Crippen molar-refractivity contribution in [1.82, 2.24) is 0 Å². The van der Waals surface area contributed by atoms with Gasteiger partial charge in [0, 0.05) is 5.92 Å². The van der Waals surface area contributed by atoms with Crippen LogP contribution in [0.2, 0.25) is 0 Å². The fourth-order valence-corrected chi connectivity index (χ4v) is 2.66. The number of allylic oxidation sites excluding steroid dienone is 8. The normalized spacial score (nSPS) is 30.6. The topological polar surface area (TPSA) is 0 Å². The summed E-state index contributed by atoms with van der Waals surface area (Å²) in [5.74, 6) is 1.21. The van der Waals surface area contributed by atoms with E-state index in [1.807, 2.05) is 0 Å². The molecule has 2 unspecified atom stereocenters. The lowest BCUT2D eigenvalue weighted by molar-refractivity contribution is 0.826. The maximum atomic E-state index is 2.38. The summed E-state index contributed by atoms with van der Waals surface area (Å²) in [5.41, 5.74) is 7.52. The number of hydrogen-bond acceptors (Lipinski definition) is 0. The van der Waals surface area contributed by atoms with E-state index in [0.29, 0.717) is 11.8 Å². The minimum Gasteiger partial charge on any atom is -0.0773 e. The molecule has 2 aliphatic rings. The average molecular weight is 200 g/mol. The van der Waals surface area contributed by atoms with E-state index in [2.05, 4.69) is 52.8 Å². The largest absolute Gasteiger partial charge is 0.0773 e. The lowest BCUT2D eigenvalue weighted by Crippen LogP contribution is -1.98. The second kappa shape index (κ2) is 3.52. The Labute approximate surface area is 93.1 Å². The van der Waals surface area contributed by atoms with Crippen molar-refractivity contribution >= 4 is 0 Å². The molecule has 0 amide bonds. The number of hydrogen-bond donors (Lipinski definition) is 0. The van der Waals surface area contributed by atoms with E-state index in [4.69, 9.17) is 0 Å². The van der Waals surface area contributed by atoms with Gasteiger partial charge in [-0.25, -0.2) is 0 Å². The van der Waals surface area contributed by atoms with E-state index >= 15 is 0 Å². The third-order valence-electron chi connectivity index (χ3n) is 3.97. The van der Waals surface area contributed by atoms with Crippen LogP contribution in [0.25, 0.3) is 0 Å². The van der Waals surface area contributed by atoms with E-state index < -0.39 is 0 Å². The molecule has 0 nitrogen and oxygen atoms in total. The molecule has 2 atom stereocenters. The number of rotatable bonds is 1. The summed E-state index contributed by atoms with van der Waals surface area (Å²) in [7, 11) is 0. The molecular formula is C15H20. The van der Waals surface area contributed by atoms with Gasteiger partial charge in [-0.3, -0.25) is 0 Å². The van der Waals surface area contributed by atoms with Crippen molar-refractivity contribution in [2.75, 3.05) is 0 Å². The Bertz CT molecular complexity index is 413. The molecule has 2 aliphatic carbocycles. The Balaban J connectivity index is 2.42. The van der Waals surface area contributed by atoms with Crippen molar-refractivity contribution in [2.45, 2.75) is 34.6 Å². The molecule has 15 heavy (non-hydrogen) atoms. The first-order valence-electron chi connectivity index (χ1n) is 5.81. The van der Waals surface area contributed by atoms with Crippen molar-refractivity contribution in [3.63, 3.8) is 0 Å². The molecule has 0 heteroatoms. The molecule has 0 bridgehead atoms.